The molecular formula is C11H15N3. The van der Waals surface area contributed by atoms with Crippen LogP contribution in [0.4, 0.5) is 5.69 Å². The molecule has 3 N–H and O–H groups in total. The number of nitrogens with one attached hydrogen (secondary N) is 1. The van der Waals surface area contributed by atoms with Gasteiger partial charge in [0.1, 0.15) is 6.07 Å². The van der Waals surface area contributed by atoms with Gasteiger partial charge in [-0.1, -0.05) is 19.1 Å². The van der Waals surface area contributed by atoms with Gasteiger partial charge in [0, 0.05) is 12.6 Å². The van der Waals surface area contributed by atoms with Crippen molar-refractivity contribution >= 4 is 5.69 Å². The topological polar surface area (TPSA) is 61.8 Å². The van der Waals surface area contributed by atoms with E-state index in [2.05, 4.69) is 11.4 Å². The van der Waals surface area contributed by atoms with Gasteiger partial charge in [0.2, 0.25) is 0 Å². The van der Waals surface area contributed by atoms with Crippen molar-refractivity contribution in [3.8, 4) is 6.07 Å². The molecule has 0 saturated carbocycles. The van der Waals surface area contributed by atoms with Gasteiger partial charge < -0.3 is 11.1 Å². The van der Waals surface area contributed by atoms with Gasteiger partial charge in [-0.3, -0.25) is 0 Å². The van der Waals surface area contributed by atoms with E-state index < -0.39 is 0 Å². The number of nitriles is 1. The van der Waals surface area contributed by atoms with Crippen LogP contribution in [0.5, 0.6) is 0 Å². The molecule has 3 nitrogen and oxygen atoms in total. The highest BCUT2D eigenvalue weighted by atomic mass is 14.9. The molecule has 0 spiro atoms. The van der Waals surface area contributed by atoms with E-state index >= 15 is 0 Å². The second kappa shape index (κ2) is 5.25. The van der Waals surface area contributed by atoms with Gasteiger partial charge in [-0.2, -0.15) is 5.26 Å². The Bertz CT molecular complexity index is 328. The molecule has 1 atom stereocenters. The predicted octanol–water partition coefficient (Wildman–Crippen LogP) is 1.71. The molecule has 0 fully saturated rings. The van der Waals surface area contributed by atoms with Crippen molar-refractivity contribution < 1.29 is 0 Å². The molecule has 0 radical (unpaired) electrons. The molecule has 0 aliphatic rings. The average molecular weight is 189 g/mol. The van der Waals surface area contributed by atoms with Crippen LogP contribution in [-0.2, 0) is 0 Å². The molecule has 3 heteroatoms. The van der Waals surface area contributed by atoms with Crippen molar-refractivity contribution in [2.75, 3.05) is 11.9 Å². The lowest BCUT2D eigenvalue weighted by Gasteiger charge is -2.12. The summed E-state index contributed by atoms with van der Waals surface area (Å²) in [6.07, 6.45) is 0.932. The summed E-state index contributed by atoms with van der Waals surface area (Å²) in [4.78, 5) is 0. The Kier molecular flexibility index (Phi) is 3.96. The van der Waals surface area contributed by atoms with Crippen LogP contribution in [-0.4, -0.2) is 12.6 Å². The number of nitrogens with two attached hydrogens (primary N) is 1. The summed E-state index contributed by atoms with van der Waals surface area (Å²) in [5, 5.41) is 12.0. The molecule has 74 valence electrons. The van der Waals surface area contributed by atoms with E-state index in [0.717, 1.165) is 12.1 Å². The number of rotatable bonds is 4. The molecule has 1 aromatic rings. The minimum Gasteiger partial charge on any atom is -0.382 e. The maximum absolute atomic E-state index is 8.82. The Hall–Kier alpha value is -1.53. The van der Waals surface area contributed by atoms with E-state index in [-0.39, 0.29) is 6.04 Å². The molecule has 0 aliphatic heterocycles. The Morgan fingerprint density at radius 1 is 1.50 bits per heavy atom. The first-order valence-corrected chi connectivity index (χ1v) is 4.76. The molecule has 0 heterocycles. The number of hydrogen-bond donors (Lipinski definition) is 2. The fourth-order valence-electron chi connectivity index (χ4n) is 1.12. The second-order valence-electron chi connectivity index (χ2n) is 3.21. The van der Waals surface area contributed by atoms with Gasteiger partial charge in [0.25, 0.3) is 0 Å². The fraction of sp³-hybridized carbons (Fsp3) is 0.364. The molecular weight excluding hydrogens is 174 g/mol. The molecule has 0 bridgehead atoms. The molecule has 0 saturated heterocycles. The third-order valence-corrected chi connectivity index (χ3v) is 2.13. The van der Waals surface area contributed by atoms with Gasteiger partial charge in [0.15, 0.2) is 0 Å². The molecule has 0 aromatic heterocycles. The lowest BCUT2D eigenvalue weighted by atomic mass is 10.2. The van der Waals surface area contributed by atoms with Crippen LogP contribution in [0.25, 0.3) is 0 Å². The fourth-order valence-corrected chi connectivity index (χ4v) is 1.12. The van der Waals surface area contributed by atoms with Crippen molar-refractivity contribution in [2.45, 2.75) is 19.4 Å². The first kappa shape index (κ1) is 10.6. The summed E-state index contributed by atoms with van der Waals surface area (Å²) in [5.74, 6) is 0. The van der Waals surface area contributed by atoms with E-state index in [1.54, 1.807) is 6.07 Å². The van der Waals surface area contributed by atoms with Crippen LogP contribution in [0.1, 0.15) is 18.9 Å². The minimum absolute atomic E-state index is 0.141. The van der Waals surface area contributed by atoms with Gasteiger partial charge in [-0.25, -0.2) is 0 Å². The predicted molar refractivity (Wildman–Crippen MR) is 57.9 cm³/mol. The van der Waals surface area contributed by atoms with Crippen LogP contribution < -0.4 is 11.1 Å². The van der Waals surface area contributed by atoms with Crippen molar-refractivity contribution in [3.05, 3.63) is 29.8 Å². The highest BCUT2D eigenvalue weighted by Crippen LogP contribution is 2.13. The third-order valence-electron chi connectivity index (χ3n) is 2.13. The molecule has 1 rings (SSSR count). The number of hydrogen-bond acceptors (Lipinski definition) is 3. The van der Waals surface area contributed by atoms with E-state index in [0.29, 0.717) is 12.1 Å². The smallest absolute Gasteiger partial charge is 0.101 e. The molecule has 0 amide bonds. The maximum Gasteiger partial charge on any atom is 0.101 e. The molecule has 1 unspecified atom stereocenters. The maximum atomic E-state index is 8.82. The molecule has 14 heavy (non-hydrogen) atoms. The first-order chi connectivity index (χ1) is 6.77. The van der Waals surface area contributed by atoms with E-state index in [1.165, 1.54) is 0 Å². The zero-order chi connectivity index (χ0) is 10.4. The van der Waals surface area contributed by atoms with E-state index in [4.69, 9.17) is 11.0 Å². The van der Waals surface area contributed by atoms with Crippen LogP contribution in [0.3, 0.4) is 0 Å². The third kappa shape index (κ3) is 2.75. The van der Waals surface area contributed by atoms with E-state index in [1.807, 2.05) is 25.1 Å². The molecule has 0 aliphatic carbocycles. The average Bonchev–Trinajstić information content (AvgIpc) is 2.26. The lowest BCUT2D eigenvalue weighted by molar-refractivity contribution is 0.679. The van der Waals surface area contributed by atoms with Crippen molar-refractivity contribution in [3.63, 3.8) is 0 Å². The van der Waals surface area contributed by atoms with Crippen LogP contribution in [0.2, 0.25) is 0 Å². The summed E-state index contributed by atoms with van der Waals surface area (Å²) in [6.45, 7) is 2.75. The number of anilines is 1. The Labute approximate surface area is 84.5 Å². The summed E-state index contributed by atoms with van der Waals surface area (Å²) < 4.78 is 0. The monoisotopic (exact) mass is 189 g/mol. The zero-order valence-corrected chi connectivity index (χ0v) is 8.33. The number of nitrogens with zero attached hydrogens (tertiary/aromatic N) is 1. The molecule has 1 aromatic carbocycles. The lowest BCUT2D eigenvalue weighted by Crippen LogP contribution is -2.28. The van der Waals surface area contributed by atoms with E-state index in [9.17, 15) is 0 Å². The standard InChI is InChI=1S/C11H15N3/c1-2-10(13)8-14-11-6-4-3-5-9(11)7-12/h3-6,10,14H,2,8,13H2,1H3. The number of para-hydroxylation sites is 1. The van der Waals surface area contributed by atoms with Gasteiger partial charge in [-0.05, 0) is 18.6 Å². The van der Waals surface area contributed by atoms with Crippen molar-refractivity contribution in [1.29, 1.82) is 5.26 Å². The van der Waals surface area contributed by atoms with Gasteiger partial charge >= 0.3 is 0 Å². The summed E-state index contributed by atoms with van der Waals surface area (Å²) in [7, 11) is 0. The SMILES string of the molecule is CCC(N)CNc1ccccc1C#N. The summed E-state index contributed by atoms with van der Waals surface area (Å²) in [6, 6.07) is 9.71. The highest BCUT2D eigenvalue weighted by Gasteiger charge is 2.02. The van der Waals surface area contributed by atoms with Gasteiger partial charge in [0.05, 0.1) is 11.3 Å². The van der Waals surface area contributed by atoms with Crippen LogP contribution in [0, 0.1) is 11.3 Å². The minimum atomic E-state index is 0.141. The normalized spacial score (nSPS) is 11.8. The van der Waals surface area contributed by atoms with Crippen molar-refractivity contribution in [2.24, 2.45) is 5.73 Å². The summed E-state index contributed by atoms with van der Waals surface area (Å²) >= 11 is 0. The Morgan fingerprint density at radius 3 is 2.86 bits per heavy atom. The Morgan fingerprint density at radius 2 is 2.21 bits per heavy atom. The highest BCUT2D eigenvalue weighted by molar-refractivity contribution is 5.57. The quantitative estimate of drug-likeness (QED) is 0.758. The Balaban J connectivity index is 2.63. The number of benzene rings is 1. The van der Waals surface area contributed by atoms with Crippen molar-refractivity contribution in [1.82, 2.24) is 0 Å². The largest absolute Gasteiger partial charge is 0.382 e. The summed E-state index contributed by atoms with van der Waals surface area (Å²) in [5.41, 5.74) is 7.29. The second-order valence-corrected chi connectivity index (χ2v) is 3.21. The first-order valence-electron chi connectivity index (χ1n) is 4.76. The van der Waals surface area contributed by atoms with Crippen LogP contribution >= 0.6 is 0 Å². The van der Waals surface area contributed by atoms with Gasteiger partial charge in [-0.15, -0.1) is 0 Å². The van der Waals surface area contributed by atoms with Crippen LogP contribution in [0.15, 0.2) is 24.3 Å². The zero-order valence-electron chi connectivity index (χ0n) is 8.33.